The van der Waals surface area contributed by atoms with Crippen molar-refractivity contribution < 1.29 is 13.2 Å². The van der Waals surface area contributed by atoms with Crippen molar-refractivity contribution >= 4 is 44.3 Å². The number of hydrogen-bond acceptors (Lipinski definition) is 5. The lowest BCUT2D eigenvalue weighted by atomic mass is 10.1. The monoisotopic (exact) mass is 512 g/mol. The summed E-state index contributed by atoms with van der Waals surface area (Å²) in [5, 5.41) is 5.72. The molecule has 0 radical (unpaired) electrons. The van der Waals surface area contributed by atoms with Gasteiger partial charge in [-0.25, -0.2) is 13.8 Å². The minimum absolute atomic E-state index is 0.180. The Labute approximate surface area is 217 Å². The second-order valence-electron chi connectivity index (χ2n) is 8.80. The Bertz CT molecular complexity index is 1570. The summed E-state index contributed by atoms with van der Waals surface area (Å²) in [6, 6.07) is 25.8. The molecule has 1 N–H and O–H groups in total. The summed E-state index contributed by atoms with van der Waals surface area (Å²) >= 11 is 0. The summed E-state index contributed by atoms with van der Waals surface area (Å²) < 4.78 is 27.8. The molecule has 7 nitrogen and oxygen atoms in total. The predicted molar refractivity (Wildman–Crippen MR) is 149 cm³/mol. The molecule has 5 rings (SSSR count). The molecule has 37 heavy (non-hydrogen) atoms. The molecule has 1 amide bonds. The summed E-state index contributed by atoms with van der Waals surface area (Å²) in [7, 11) is -3.64. The summed E-state index contributed by atoms with van der Waals surface area (Å²) in [6.07, 6.45) is 1.61. The second-order valence-corrected chi connectivity index (χ2v) is 10.6. The number of sulfonamides is 1. The van der Waals surface area contributed by atoms with Crippen LogP contribution in [0.25, 0.3) is 10.8 Å². The minimum atomic E-state index is -3.64. The first-order chi connectivity index (χ1) is 17.9. The standard InChI is InChI=1S/C29H28N4O3S/c1-3-32(4-2)25-17-13-21(14-18-25)19-30-31-29(34)24-15-11-22(12-16-24)20-33-26-9-5-7-23-8-6-10-27(28(23)26)37(33,35)36/h5-19H,3-4,20H2,1-2H3,(H,31,34)/b30-19+. The fraction of sp³-hybridized carbons (Fsp3) is 0.172. The number of amides is 1. The van der Waals surface area contributed by atoms with Crippen LogP contribution < -0.4 is 14.6 Å². The lowest BCUT2D eigenvalue weighted by Crippen LogP contribution is -2.26. The molecular formula is C29H28N4O3S. The van der Waals surface area contributed by atoms with E-state index in [1.54, 1.807) is 42.6 Å². The molecule has 0 fully saturated rings. The van der Waals surface area contributed by atoms with Crippen molar-refractivity contribution in [3.8, 4) is 0 Å². The highest BCUT2D eigenvalue weighted by atomic mass is 32.2. The number of nitrogens with one attached hydrogen (secondary N) is 1. The first-order valence-corrected chi connectivity index (χ1v) is 13.7. The molecule has 0 saturated heterocycles. The number of anilines is 2. The van der Waals surface area contributed by atoms with Gasteiger partial charge in [-0.3, -0.25) is 9.10 Å². The molecule has 1 heterocycles. The molecule has 0 aliphatic carbocycles. The first-order valence-electron chi connectivity index (χ1n) is 12.2. The van der Waals surface area contributed by atoms with Gasteiger partial charge < -0.3 is 4.90 Å². The van der Waals surface area contributed by atoms with Gasteiger partial charge in [0.25, 0.3) is 15.9 Å². The third-order valence-electron chi connectivity index (χ3n) is 6.62. The highest BCUT2D eigenvalue weighted by molar-refractivity contribution is 7.93. The van der Waals surface area contributed by atoms with E-state index < -0.39 is 10.0 Å². The molecule has 0 saturated carbocycles. The predicted octanol–water partition coefficient (Wildman–Crippen LogP) is 5.16. The van der Waals surface area contributed by atoms with Gasteiger partial charge in [-0.1, -0.05) is 48.5 Å². The molecule has 0 atom stereocenters. The van der Waals surface area contributed by atoms with E-state index in [-0.39, 0.29) is 12.5 Å². The SMILES string of the molecule is CCN(CC)c1ccc(/C=N/NC(=O)c2ccc(CN3c4cccc5cccc(c45)S3(=O)=O)cc2)cc1. The Morgan fingerprint density at radius 2 is 1.59 bits per heavy atom. The number of nitrogens with zero attached hydrogens (tertiary/aromatic N) is 3. The number of carbonyl (C=O) groups is 1. The zero-order chi connectivity index (χ0) is 26.0. The van der Waals surface area contributed by atoms with Crippen molar-refractivity contribution in [1.82, 2.24) is 5.43 Å². The summed E-state index contributed by atoms with van der Waals surface area (Å²) in [6.45, 7) is 6.30. The van der Waals surface area contributed by atoms with Gasteiger partial charge in [0.05, 0.1) is 23.3 Å². The molecule has 0 unspecified atom stereocenters. The first kappa shape index (κ1) is 24.5. The zero-order valence-electron chi connectivity index (χ0n) is 20.8. The van der Waals surface area contributed by atoms with Gasteiger partial charge in [-0.2, -0.15) is 5.10 Å². The van der Waals surface area contributed by atoms with Gasteiger partial charge in [0, 0.05) is 29.7 Å². The molecule has 188 valence electrons. The lowest BCUT2D eigenvalue weighted by Gasteiger charge is -2.20. The Balaban J connectivity index is 1.24. The number of hydrogen-bond donors (Lipinski definition) is 1. The lowest BCUT2D eigenvalue weighted by molar-refractivity contribution is 0.0955. The average molecular weight is 513 g/mol. The van der Waals surface area contributed by atoms with Crippen LogP contribution in [0.15, 0.2) is 94.9 Å². The molecule has 4 aromatic carbocycles. The minimum Gasteiger partial charge on any atom is -0.372 e. The number of carbonyl (C=O) groups excluding carboxylic acids is 1. The molecular weight excluding hydrogens is 484 g/mol. The zero-order valence-corrected chi connectivity index (χ0v) is 21.6. The fourth-order valence-corrected chi connectivity index (χ4v) is 6.34. The van der Waals surface area contributed by atoms with Crippen LogP contribution >= 0.6 is 0 Å². The summed E-state index contributed by atoms with van der Waals surface area (Å²) in [5.41, 5.74) is 6.47. The van der Waals surface area contributed by atoms with E-state index in [1.807, 2.05) is 48.5 Å². The van der Waals surface area contributed by atoms with Gasteiger partial charge >= 0.3 is 0 Å². The second kappa shape index (κ2) is 10.1. The Kier molecular flexibility index (Phi) is 6.67. The van der Waals surface area contributed by atoms with Crippen molar-refractivity contribution in [1.29, 1.82) is 0 Å². The topological polar surface area (TPSA) is 82.1 Å². The van der Waals surface area contributed by atoms with Gasteiger partial charge in [-0.15, -0.1) is 0 Å². The molecule has 1 aliphatic heterocycles. The van der Waals surface area contributed by atoms with E-state index in [1.165, 1.54) is 4.31 Å². The Morgan fingerprint density at radius 3 is 2.27 bits per heavy atom. The Morgan fingerprint density at radius 1 is 0.919 bits per heavy atom. The number of rotatable bonds is 8. The summed E-state index contributed by atoms with van der Waals surface area (Å²) in [5.74, 6) is -0.339. The van der Waals surface area contributed by atoms with Crippen molar-refractivity contribution in [3.63, 3.8) is 0 Å². The van der Waals surface area contributed by atoms with Crippen LogP contribution in [0.1, 0.15) is 35.3 Å². The van der Waals surface area contributed by atoms with Crippen LogP contribution in [0.3, 0.4) is 0 Å². The van der Waals surface area contributed by atoms with Crippen LogP contribution in [0.4, 0.5) is 11.4 Å². The van der Waals surface area contributed by atoms with Crippen LogP contribution in [0, 0.1) is 0 Å². The van der Waals surface area contributed by atoms with E-state index in [0.717, 1.165) is 40.7 Å². The van der Waals surface area contributed by atoms with Crippen LogP contribution in [-0.4, -0.2) is 33.6 Å². The molecule has 1 aliphatic rings. The van der Waals surface area contributed by atoms with E-state index in [2.05, 4.69) is 29.3 Å². The van der Waals surface area contributed by atoms with Gasteiger partial charge in [0.2, 0.25) is 0 Å². The number of benzene rings is 4. The molecule has 0 bridgehead atoms. The fourth-order valence-electron chi connectivity index (χ4n) is 4.65. The maximum absolute atomic E-state index is 13.2. The molecule has 8 heteroatoms. The van der Waals surface area contributed by atoms with Crippen LogP contribution in [-0.2, 0) is 16.6 Å². The van der Waals surface area contributed by atoms with Gasteiger partial charge in [-0.05, 0) is 66.8 Å². The quantitative estimate of drug-likeness (QED) is 0.261. The van der Waals surface area contributed by atoms with E-state index in [9.17, 15) is 13.2 Å². The van der Waals surface area contributed by atoms with Gasteiger partial charge in [0.1, 0.15) is 0 Å². The normalized spacial score (nSPS) is 13.8. The highest BCUT2D eigenvalue weighted by Crippen LogP contribution is 2.42. The third kappa shape index (κ3) is 4.68. The highest BCUT2D eigenvalue weighted by Gasteiger charge is 2.35. The third-order valence-corrected chi connectivity index (χ3v) is 8.43. The van der Waals surface area contributed by atoms with E-state index in [4.69, 9.17) is 0 Å². The van der Waals surface area contributed by atoms with Crippen LogP contribution in [0.2, 0.25) is 0 Å². The molecule has 4 aromatic rings. The van der Waals surface area contributed by atoms with Crippen molar-refractivity contribution in [2.75, 3.05) is 22.3 Å². The summed E-state index contributed by atoms with van der Waals surface area (Å²) in [4.78, 5) is 15.1. The smallest absolute Gasteiger partial charge is 0.271 e. The van der Waals surface area contributed by atoms with E-state index >= 15 is 0 Å². The molecule has 0 spiro atoms. The van der Waals surface area contributed by atoms with E-state index in [0.29, 0.717) is 16.1 Å². The maximum atomic E-state index is 13.2. The molecule has 0 aromatic heterocycles. The number of hydrazone groups is 1. The van der Waals surface area contributed by atoms with Gasteiger partial charge in [0.15, 0.2) is 0 Å². The van der Waals surface area contributed by atoms with Crippen LogP contribution in [0.5, 0.6) is 0 Å². The Hall–Kier alpha value is -4.17. The van der Waals surface area contributed by atoms with Crippen molar-refractivity contribution in [2.45, 2.75) is 25.3 Å². The average Bonchev–Trinajstić information content (AvgIpc) is 3.14. The largest absolute Gasteiger partial charge is 0.372 e. The maximum Gasteiger partial charge on any atom is 0.271 e. The van der Waals surface area contributed by atoms with Crippen molar-refractivity contribution in [3.05, 3.63) is 102 Å². The van der Waals surface area contributed by atoms with Crippen molar-refractivity contribution in [2.24, 2.45) is 5.10 Å².